The average Bonchev–Trinajstić information content (AvgIpc) is 2.43. The van der Waals surface area contributed by atoms with Gasteiger partial charge in [0.15, 0.2) is 5.75 Å². The van der Waals surface area contributed by atoms with Gasteiger partial charge < -0.3 is 4.74 Å². The predicted octanol–water partition coefficient (Wildman–Crippen LogP) is 3.14. The van der Waals surface area contributed by atoms with Gasteiger partial charge in [-0.3, -0.25) is 4.79 Å². The zero-order valence-corrected chi connectivity index (χ0v) is 8.85. The van der Waals surface area contributed by atoms with Crippen molar-refractivity contribution in [1.82, 2.24) is 0 Å². The van der Waals surface area contributed by atoms with E-state index in [2.05, 4.69) is 0 Å². The summed E-state index contributed by atoms with van der Waals surface area (Å²) in [5.74, 6) is 0.440. The van der Waals surface area contributed by atoms with Crippen molar-refractivity contribution in [3.05, 3.63) is 29.1 Å². The van der Waals surface area contributed by atoms with Crippen molar-refractivity contribution in [2.75, 3.05) is 0 Å². The van der Waals surface area contributed by atoms with Gasteiger partial charge in [0.2, 0.25) is 0 Å². The molecule has 0 N–H and O–H groups in total. The highest BCUT2D eigenvalue weighted by molar-refractivity contribution is 7.19. The first-order chi connectivity index (χ1) is 6.68. The molecule has 0 atom stereocenters. The Bertz CT molecular complexity index is 485. The smallest absolute Gasteiger partial charge is 0.308 e. The number of hydrogen-bond acceptors (Lipinski definition) is 3. The first-order valence-corrected chi connectivity index (χ1v) is 5.16. The maximum atomic E-state index is 10.9. The predicted molar refractivity (Wildman–Crippen MR) is 57.9 cm³/mol. The molecule has 0 fully saturated rings. The molecule has 0 spiro atoms. The quantitative estimate of drug-likeness (QED) is 0.670. The molecule has 0 amide bonds. The van der Waals surface area contributed by atoms with Crippen molar-refractivity contribution in [2.45, 2.75) is 13.8 Å². The molecule has 1 aromatic heterocycles. The highest BCUT2D eigenvalue weighted by atomic mass is 32.1. The van der Waals surface area contributed by atoms with Gasteiger partial charge in [0.05, 0.1) is 0 Å². The second-order valence-electron chi connectivity index (χ2n) is 3.08. The first kappa shape index (κ1) is 9.21. The molecule has 0 aliphatic heterocycles. The maximum Gasteiger partial charge on any atom is 0.308 e. The van der Waals surface area contributed by atoms with E-state index in [1.807, 2.05) is 31.2 Å². The van der Waals surface area contributed by atoms with E-state index >= 15 is 0 Å². The van der Waals surface area contributed by atoms with Gasteiger partial charge in [0, 0.05) is 21.9 Å². The number of esters is 1. The second-order valence-corrected chi connectivity index (χ2v) is 4.33. The summed E-state index contributed by atoms with van der Waals surface area (Å²) in [6.45, 7) is 3.38. The number of fused-ring (bicyclic) bond motifs is 1. The maximum absolute atomic E-state index is 10.9. The SMILES string of the molecule is CC(=O)Oc1c(C)sc2ccccc12. The third kappa shape index (κ3) is 1.51. The third-order valence-electron chi connectivity index (χ3n) is 1.96. The molecule has 2 nitrogen and oxygen atoms in total. The minimum atomic E-state index is -0.267. The number of carbonyl (C=O) groups excluding carboxylic acids is 1. The van der Waals surface area contributed by atoms with Crippen molar-refractivity contribution in [3.63, 3.8) is 0 Å². The molecular formula is C11H10O2S. The van der Waals surface area contributed by atoms with E-state index in [1.165, 1.54) is 6.92 Å². The normalized spacial score (nSPS) is 10.4. The number of aryl methyl sites for hydroxylation is 1. The highest BCUT2D eigenvalue weighted by Gasteiger charge is 2.10. The minimum Gasteiger partial charge on any atom is -0.425 e. The summed E-state index contributed by atoms with van der Waals surface area (Å²) in [6, 6.07) is 7.93. The molecular weight excluding hydrogens is 196 g/mol. The summed E-state index contributed by atoms with van der Waals surface area (Å²) in [6.07, 6.45) is 0. The Morgan fingerprint density at radius 3 is 2.79 bits per heavy atom. The molecule has 0 unspecified atom stereocenters. The number of rotatable bonds is 1. The fraction of sp³-hybridized carbons (Fsp3) is 0.182. The monoisotopic (exact) mass is 206 g/mol. The summed E-state index contributed by atoms with van der Waals surface area (Å²) in [5.41, 5.74) is 0. The summed E-state index contributed by atoms with van der Waals surface area (Å²) in [4.78, 5) is 11.9. The Kier molecular flexibility index (Phi) is 2.25. The molecule has 1 aromatic carbocycles. The van der Waals surface area contributed by atoms with Gasteiger partial charge >= 0.3 is 5.97 Å². The molecule has 0 saturated carbocycles. The standard InChI is InChI=1S/C11H10O2S/c1-7-11(13-8(2)12)9-5-3-4-6-10(9)14-7/h3-6H,1-2H3. The van der Waals surface area contributed by atoms with Gasteiger partial charge in [-0.1, -0.05) is 12.1 Å². The van der Waals surface area contributed by atoms with E-state index in [-0.39, 0.29) is 5.97 Å². The second kappa shape index (κ2) is 3.42. The fourth-order valence-corrected chi connectivity index (χ4v) is 2.41. The molecule has 1 heterocycles. The summed E-state index contributed by atoms with van der Waals surface area (Å²) in [7, 11) is 0. The minimum absolute atomic E-state index is 0.267. The van der Waals surface area contributed by atoms with Crippen LogP contribution in [0.5, 0.6) is 5.75 Å². The van der Waals surface area contributed by atoms with Crippen LogP contribution in [0, 0.1) is 6.92 Å². The molecule has 3 heteroatoms. The Morgan fingerprint density at radius 1 is 1.36 bits per heavy atom. The molecule has 0 radical (unpaired) electrons. The van der Waals surface area contributed by atoms with Crippen molar-refractivity contribution >= 4 is 27.4 Å². The Morgan fingerprint density at radius 2 is 2.07 bits per heavy atom. The molecule has 2 aromatic rings. The molecule has 0 aliphatic rings. The highest BCUT2D eigenvalue weighted by Crippen LogP contribution is 2.36. The van der Waals surface area contributed by atoms with E-state index in [1.54, 1.807) is 11.3 Å². The lowest BCUT2D eigenvalue weighted by atomic mass is 10.2. The van der Waals surface area contributed by atoms with Crippen molar-refractivity contribution < 1.29 is 9.53 Å². The van der Waals surface area contributed by atoms with Gasteiger partial charge in [-0.25, -0.2) is 0 Å². The Balaban J connectivity index is 2.62. The number of thiophene rings is 1. The number of benzene rings is 1. The van der Waals surface area contributed by atoms with Crippen LogP contribution in [0.2, 0.25) is 0 Å². The number of ether oxygens (including phenoxy) is 1. The van der Waals surface area contributed by atoms with E-state index in [0.717, 1.165) is 15.0 Å². The molecule has 0 saturated heterocycles. The van der Waals surface area contributed by atoms with Crippen LogP contribution in [-0.4, -0.2) is 5.97 Å². The summed E-state index contributed by atoms with van der Waals surface area (Å²) < 4.78 is 6.32. The van der Waals surface area contributed by atoms with Crippen LogP contribution in [0.25, 0.3) is 10.1 Å². The van der Waals surface area contributed by atoms with Crippen LogP contribution in [0.4, 0.5) is 0 Å². The van der Waals surface area contributed by atoms with Gasteiger partial charge in [-0.2, -0.15) is 0 Å². The van der Waals surface area contributed by atoms with Crippen molar-refractivity contribution in [3.8, 4) is 5.75 Å². The van der Waals surface area contributed by atoms with Crippen LogP contribution < -0.4 is 4.74 Å². The Hall–Kier alpha value is -1.35. The zero-order valence-electron chi connectivity index (χ0n) is 8.03. The van der Waals surface area contributed by atoms with Crippen molar-refractivity contribution in [1.29, 1.82) is 0 Å². The lowest BCUT2D eigenvalue weighted by Crippen LogP contribution is -2.01. The molecule has 72 valence electrons. The molecule has 0 aliphatic carbocycles. The van der Waals surface area contributed by atoms with Gasteiger partial charge in [0.1, 0.15) is 0 Å². The number of hydrogen-bond donors (Lipinski definition) is 0. The van der Waals surface area contributed by atoms with Gasteiger partial charge in [0.25, 0.3) is 0 Å². The van der Waals surface area contributed by atoms with E-state index in [0.29, 0.717) is 5.75 Å². The zero-order chi connectivity index (χ0) is 10.1. The van der Waals surface area contributed by atoms with Crippen LogP contribution in [-0.2, 0) is 4.79 Å². The third-order valence-corrected chi connectivity index (χ3v) is 3.03. The summed E-state index contributed by atoms with van der Waals surface area (Å²) >= 11 is 1.64. The lowest BCUT2D eigenvalue weighted by molar-refractivity contribution is -0.131. The summed E-state index contributed by atoms with van der Waals surface area (Å²) in [5, 5.41) is 1.02. The molecule has 2 rings (SSSR count). The Labute approximate surface area is 86.1 Å². The first-order valence-electron chi connectivity index (χ1n) is 4.35. The lowest BCUT2D eigenvalue weighted by Gasteiger charge is -1.99. The van der Waals surface area contributed by atoms with Crippen molar-refractivity contribution in [2.24, 2.45) is 0 Å². The van der Waals surface area contributed by atoms with E-state index < -0.39 is 0 Å². The van der Waals surface area contributed by atoms with Gasteiger partial charge in [-0.15, -0.1) is 11.3 Å². The topological polar surface area (TPSA) is 26.3 Å². The average molecular weight is 206 g/mol. The molecule has 0 bridgehead atoms. The van der Waals surface area contributed by atoms with Crippen LogP contribution >= 0.6 is 11.3 Å². The largest absolute Gasteiger partial charge is 0.425 e. The van der Waals surface area contributed by atoms with E-state index in [9.17, 15) is 4.79 Å². The fourth-order valence-electron chi connectivity index (χ4n) is 1.41. The van der Waals surface area contributed by atoms with Crippen LogP contribution in [0.3, 0.4) is 0 Å². The van der Waals surface area contributed by atoms with Gasteiger partial charge in [-0.05, 0) is 19.1 Å². The van der Waals surface area contributed by atoms with E-state index in [4.69, 9.17) is 4.74 Å². The van der Waals surface area contributed by atoms with Crippen LogP contribution in [0.1, 0.15) is 11.8 Å². The molecule has 14 heavy (non-hydrogen) atoms. The number of carbonyl (C=O) groups is 1. The van der Waals surface area contributed by atoms with Crippen LogP contribution in [0.15, 0.2) is 24.3 Å².